The molecule has 0 bridgehead atoms. The maximum atomic E-state index is 12.5. The van der Waals surface area contributed by atoms with Gasteiger partial charge in [-0.15, -0.1) is 6.58 Å². The molecule has 0 saturated carbocycles. The molecule has 3 aliphatic heterocycles. The quantitative estimate of drug-likeness (QED) is 0.128. The second kappa shape index (κ2) is 19.9. The Morgan fingerprint density at radius 3 is 1.79 bits per heavy atom. The average molecular weight is 903 g/mol. The summed E-state index contributed by atoms with van der Waals surface area (Å²) in [4.78, 5) is 0. The van der Waals surface area contributed by atoms with Crippen LogP contribution < -0.4 is 0 Å². The molecule has 5 rings (SSSR count). The summed E-state index contributed by atoms with van der Waals surface area (Å²) in [6, 6.07) is 19.8. The summed E-state index contributed by atoms with van der Waals surface area (Å²) in [5.41, 5.74) is 1.86. The standard InChI is InChI=1S/C47H78O11Si3/c1-17-28-49-40-38-34(30-51-42(55-38)33-26-22-19-23-27-33)54-44(41(40)58-61(15,16)47(8,9)10)56-37-35(31-52-59(11,12)45(2,3)4)53-43(50-29-32-24-20-18-21-25-32)36(48)39(37)57-60(13,14)46(5,6)7/h17-27,34-44,48H,1,28-31H2,2-16H3/t34-,35-,36-,37-,38+,39-,40+,41-,42+,43+,44+/m1/s1. The summed E-state index contributed by atoms with van der Waals surface area (Å²) in [5.74, 6) is 0. The molecule has 3 fully saturated rings. The van der Waals surface area contributed by atoms with Gasteiger partial charge in [0.2, 0.25) is 0 Å². The third-order valence-electron chi connectivity index (χ3n) is 13.8. The summed E-state index contributed by atoms with van der Waals surface area (Å²) in [5, 5.41) is 12.0. The molecule has 2 aromatic rings. The molecular formula is C47H78O11Si3. The van der Waals surface area contributed by atoms with Gasteiger partial charge in [-0.25, -0.2) is 0 Å². The predicted molar refractivity (Wildman–Crippen MR) is 247 cm³/mol. The van der Waals surface area contributed by atoms with E-state index in [1.807, 2.05) is 60.7 Å². The van der Waals surface area contributed by atoms with Crippen molar-refractivity contribution in [1.29, 1.82) is 0 Å². The van der Waals surface area contributed by atoms with Crippen molar-refractivity contribution < 1.29 is 51.5 Å². The van der Waals surface area contributed by atoms with Crippen LogP contribution in [-0.2, 0) is 53.0 Å². The smallest absolute Gasteiger partial charge is 0.192 e. The molecule has 2 aromatic carbocycles. The summed E-state index contributed by atoms with van der Waals surface area (Å²) in [7, 11) is -7.44. The molecule has 0 aromatic heterocycles. The van der Waals surface area contributed by atoms with Gasteiger partial charge in [0.25, 0.3) is 0 Å². The zero-order valence-corrected chi connectivity index (χ0v) is 42.8. The Hall–Kier alpha value is -1.61. The van der Waals surface area contributed by atoms with Gasteiger partial charge in [-0.1, -0.05) is 129 Å². The van der Waals surface area contributed by atoms with E-state index in [1.165, 1.54) is 0 Å². The lowest BCUT2D eigenvalue weighted by Crippen LogP contribution is -2.69. The van der Waals surface area contributed by atoms with E-state index in [1.54, 1.807) is 6.08 Å². The van der Waals surface area contributed by atoms with E-state index in [0.717, 1.165) is 11.1 Å². The van der Waals surface area contributed by atoms with Crippen LogP contribution in [0.25, 0.3) is 0 Å². The highest BCUT2D eigenvalue weighted by molar-refractivity contribution is 6.75. The molecule has 0 amide bonds. The second-order valence-corrected chi connectivity index (χ2v) is 35.8. The Balaban J connectivity index is 1.60. The van der Waals surface area contributed by atoms with Crippen LogP contribution in [0.3, 0.4) is 0 Å². The van der Waals surface area contributed by atoms with Gasteiger partial charge in [-0.3, -0.25) is 0 Å². The number of benzene rings is 2. The summed E-state index contributed by atoms with van der Waals surface area (Å²) < 4.78 is 68.9. The number of ether oxygens (including phenoxy) is 7. The molecule has 11 atom stereocenters. The summed E-state index contributed by atoms with van der Waals surface area (Å²) >= 11 is 0. The van der Waals surface area contributed by atoms with Crippen molar-refractivity contribution in [1.82, 2.24) is 0 Å². The number of aliphatic hydroxyl groups is 1. The van der Waals surface area contributed by atoms with Crippen molar-refractivity contribution in [3.63, 3.8) is 0 Å². The Morgan fingerprint density at radius 2 is 1.23 bits per heavy atom. The minimum atomic E-state index is -2.58. The second-order valence-electron chi connectivity index (χ2n) is 21.5. The average Bonchev–Trinajstić information content (AvgIpc) is 3.17. The molecule has 11 nitrogen and oxygen atoms in total. The minimum Gasteiger partial charge on any atom is -0.414 e. The molecule has 0 spiro atoms. The zero-order valence-electron chi connectivity index (χ0n) is 39.8. The third kappa shape index (κ3) is 12.2. The van der Waals surface area contributed by atoms with Crippen molar-refractivity contribution >= 4 is 25.0 Å². The van der Waals surface area contributed by atoms with E-state index in [2.05, 4.69) is 108 Å². The van der Waals surface area contributed by atoms with E-state index in [0.29, 0.717) is 0 Å². The predicted octanol–water partition coefficient (Wildman–Crippen LogP) is 9.89. The molecule has 0 unspecified atom stereocenters. The van der Waals surface area contributed by atoms with E-state index in [4.69, 9.17) is 46.4 Å². The van der Waals surface area contributed by atoms with E-state index in [9.17, 15) is 5.11 Å². The van der Waals surface area contributed by atoms with Crippen molar-refractivity contribution in [3.05, 3.63) is 84.4 Å². The zero-order chi connectivity index (χ0) is 45.2. The maximum absolute atomic E-state index is 12.5. The highest BCUT2D eigenvalue weighted by Gasteiger charge is 2.58. The van der Waals surface area contributed by atoms with Crippen molar-refractivity contribution in [2.45, 2.75) is 191 Å². The highest BCUT2D eigenvalue weighted by atomic mass is 28.4. The SMILES string of the molecule is C=CCO[C@H]1[C@H]2O[C@@H](c3ccccc3)OC[C@H]2O[C@@H](O[C@H]2[C@H](O[Si](C)(C)C(C)(C)C)[C@@H](O)[C@@H](OCc3ccccc3)O[C@@H]2CO[Si](C)(C)C(C)(C)C)[C@@H]1O[Si](C)(C)C(C)(C)C. The van der Waals surface area contributed by atoms with Crippen LogP contribution in [0.15, 0.2) is 73.3 Å². The first-order valence-electron chi connectivity index (χ1n) is 22.1. The molecule has 1 N–H and O–H groups in total. The highest BCUT2D eigenvalue weighted by Crippen LogP contribution is 2.45. The Morgan fingerprint density at radius 1 is 0.672 bits per heavy atom. The van der Waals surface area contributed by atoms with E-state index < -0.39 is 92.7 Å². The van der Waals surface area contributed by atoms with Crippen LogP contribution in [0.1, 0.15) is 79.7 Å². The molecule has 3 heterocycles. The van der Waals surface area contributed by atoms with Gasteiger partial charge in [0.15, 0.2) is 43.8 Å². The normalized spacial score (nSPS) is 30.8. The molecule has 3 aliphatic rings. The van der Waals surface area contributed by atoms with E-state index in [-0.39, 0.29) is 41.5 Å². The van der Waals surface area contributed by atoms with Crippen LogP contribution in [0.4, 0.5) is 0 Å². The van der Waals surface area contributed by atoms with Gasteiger partial charge in [0.1, 0.15) is 48.8 Å². The fourth-order valence-electron chi connectivity index (χ4n) is 6.84. The lowest BCUT2D eigenvalue weighted by molar-refractivity contribution is -0.385. The summed E-state index contributed by atoms with van der Waals surface area (Å²) in [6.45, 7) is 37.9. The minimum absolute atomic E-state index is 0.0737. The number of hydrogen-bond acceptors (Lipinski definition) is 11. The van der Waals surface area contributed by atoms with Gasteiger partial charge in [0, 0.05) is 5.56 Å². The van der Waals surface area contributed by atoms with Crippen molar-refractivity contribution in [2.75, 3.05) is 19.8 Å². The number of fused-ring (bicyclic) bond motifs is 1. The molecule has 0 aliphatic carbocycles. The Kier molecular flexibility index (Phi) is 16.4. The van der Waals surface area contributed by atoms with E-state index >= 15 is 0 Å². The first-order valence-corrected chi connectivity index (χ1v) is 30.8. The molecule has 344 valence electrons. The van der Waals surface area contributed by atoms with Crippen LogP contribution in [0.5, 0.6) is 0 Å². The lowest BCUT2D eigenvalue weighted by Gasteiger charge is -2.54. The van der Waals surface area contributed by atoms with Crippen LogP contribution in [-0.4, -0.2) is 111 Å². The van der Waals surface area contributed by atoms with Gasteiger partial charge in [-0.05, 0) is 60.0 Å². The van der Waals surface area contributed by atoms with Gasteiger partial charge >= 0.3 is 0 Å². The van der Waals surface area contributed by atoms with Gasteiger partial charge in [-0.2, -0.15) is 0 Å². The first kappa shape index (κ1) is 50.4. The van der Waals surface area contributed by atoms with Crippen LogP contribution >= 0.6 is 0 Å². The Bertz CT molecular complexity index is 1670. The van der Waals surface area contributed by atoms with Crippen molar-refractivity contribution in [3.8, 4) is 0 Å². The largest absolute Gasteiger partial charge is 0.414 e. The maximum Gasteiger partial charge on any atom is 0.192 e. The Labute approximate surface area is 370 Å². The first-order chi connectivity index (χ1) is 28.3. The fraction of sp³-hybridized carbons (Fsp3) is 0.702. The number of aliphatic hydroxyl groups excluding tert-OH is 1. The van der Waals surface area contributed by atoms with Crippen LogP contribution in [0, 0.1) is 0 Å². The monoisotopic (exact) mass is 902 g/mol. The molecule has 14 heteroatoms. The molecule has 61 heavy (non-hydrogen) atoms. The topological polar surface area (TPSA) is 113 Å². The molecular weight excluding hydrogens is 825 g/mol. The number of hydrogen-bond donors (Lipinski definition) is 1. The van der Waals surface area contributed by atoms with Gasteiger partial charge < -0.3 is 51.5 Å². The summed E-state index contributed by atoms with van der Waals surface area (Å²) in [6.07, 6.45) is -7.15. The molecule has 0 radical (unpaired) electrons. The fourth-order valence-corrected chi connectivity index (χ4v) is 10.4. The van der Waals surface area contributed by atoms with Crippen LogP contribution in [0.2, 0.25) is 54.4 Å². The lowest BCUT2D eigenvalue weighted by atomic mass is 9.96. The number of rotatable bonds is 16. The third-order valence-corrected chi connectivity index (χ3v) is 27.3. The van der Waals surface area contributed by atoms with Crippen molar-refractivity contribution in [2.24, 2.45) is 0 Å². The molecule has 3 saturated heterocycles. The van der Waals surface area contributed by atoms with Gasteiger partial charge in [0.05, 0.1) is 26.4 Å².